The molecule has 0 atom stereocenters. The van der Waals surface area contributed by atoms with Crippen molar-refractivity contribution >= 4 is 51.3 Å². The normalized spacial score (nSPS) is 16.6. The van der Waals surface area contributed by atoms with Crippen LogP contribution in [0.15, 0.2) is 59.9 Å². The smallest absolute Gasteiger partial charge is 0.263 e. The second-order valence-corrected chi connectivity index (χ2v) is 6.56. The molecule has 4 rings (SSSR count). The molecule has 7 heteroatoms. The van der Waals surface area contributed by atoms with Gasteiger partial charge in [-0.15, -0.1) is 0 Å². The molecule has 2 aliphatic heterocycles. The second-order valence-electron chi connectivity index (χ2n) is 6.15. The largest absolute Gasteiger partial charge is 0.329 e. The van der Waals surface area contributed by atoms with Crippen LogP contribution >= 0.6 is 12.2 Å². The molecule has 2 amide bonds. The van der Waals surface area contributed by atoms with Crippen molar-refractivity contribution in [3.63, 3.8) is 0 Å². The van der Waals surface area contributed by atoms with Crippen LogP contribution in [0.5, 0.6) is 0 Å². The molecule has 2 N–H and O–H groups in total. The van der Waals surface area contributed by atoms with Gasteiger partial charge in [-0.3, -0.25) is 20.2 Å². The highest BCUT2D eigenvalue weighted by atomic mass is 32.1. The molecule has 0 aromatic heterocycles. The van der Waals surface area contributed by atoms with Crippen LogP contribution in [-0.4, -0.2) is 31.0 Å². The molecule has 2 heterocycles. The Morgan fingerprint density at radius 2 is 1.38 bits per heavy atom. The lowest BCUT2D eigenvalue weighted by Crippen LogP contribution is -2.51. The summed E-state index contributed by atoms with van der Waals surface area (Å²) in [5, 5.41) is 7.21. The first kappa shape index (κ1) is 16.3. The quantitative estimate of drug-likeness (QED) is 0.461. The van der Waals surface area contributed by atoms with E-state index >= 15 is 0 Å². The van der Waals surface area contributed by atoms with Gasteiger partial charge in [-0.1, -0.05) is 24.3 Å². The molecule has 6 nitrogen and oxygen atoms in total. The van der Waals surface area contributed by atoms with Gasteiger partial charge < -0.3 is 9.80 Å². The molecule has 2 aromatic rings. The molecule has 0 bridgehead atoms. The number of nitrogens with one attached hydrogen (secondary N) is 2. The average molecular weight is 364 g/mol. The summed E-state index contributed by atoms with van der Waals surface area (Å²) in [6.45, 7) is 0. The number of carbonyl (C=O) groups excluding carboxylic acids is 2. The van der Waals surface area contributed by atoms with E-state index in [1.165, 1.54) is 6.08 Å². The zero-order valence-corrected chi connectivity index (χ0v) is 15.1. The summed E-state index contributed by atoms with van der Waals surface area (Å²) in [5.41, 5.74) is 2.15. The summed E-state index contributed by atoms with van der Waals surface area (Å²) in [4.78, 5) is 28.0. The molecule has 2 aromatic carbocycles. The number of rotatable bonds is 1. The fraction of sp³-hybridized carbons (Fsp3) is 0.105. The molecular formula is C19H16N4O2S. The van der Waals surface area contributed by atoms with Crippen molar-refractivity contribution in [3.05, 3.63) is 59.9 Å². The van der Waals surface area contributed by atoms with Crippen LogP contribution < -0.4 is 20.4 Å². The molecule has 2 aliphatic rings. The molecule has 0 radical (unpaired) electrons. The summed E-state index contributed by atoms with van der Waals surface area (Å²) < 4.78 is 0. The number of fused-ring (bicyclic) bond motifs is 2. The summed E-state index contributed by atoms with van der Waals surface area (Å²) in [5.74, 6) is -0.138. The first-order valence-corrected chi connectivity index (χ1v) is 8.45. The first-order valence-electron chi connectivity index (χ1n) is 8.04. The van der Waals surface area contributed by atoms with E-state index in [1.54, 1.807) is 6.08 Å². The second kappa shape index (κ2) is 5.96. The highest BCUT2D eigenvalue weighted by Crippen LogP contribution is 2.42. The van der Waals surface area contributed by atoms with Gasteiger partial charge in [-0.25, -0.2) is 0 Å². The Kier molecular flexibility index (Phi) is 3.73. The zero-order chi connectivity index (χ0) is 18.4. The van der Waals surface area contributed by atoms with Crippen molar-refractivity contribution < 1.29 is 9.59 Å². The Hall–Kier alpha value is -3.19. The van der Waals surface area contributed by atoms with E-state index in [0.29, 0.717) is 0 Å². The van der Waals surface area contributed by atoms with Gasteiger partial charge in [0.1, 0.15) is 11.4 Å². The topological polar surface area (TPSA) is 64.7 Å². The van der Waals surface area contributed by atoms with Crippen LogP contribution in [0.4, 0.5) is 11.4 Å². The molecule has 26 heavy (non-hydrogen) atoms. The van der Waals surface area contributed by atoms with E-state index in [0.717, 1.165) is 28.0 Å². The highest BCUT2D eigenvalue weighted by Gasteiger charge is 2.28. The van der Waals surface area contributed by atoms with Crippen LogP contribution in [0.1, 0.15) is 0 Å². The van der Waals surface area contributed by atoms with Crippen molar-refractivity contribution in [2.24, 2.45) is 0 Å². The maximum atomic E-state index is 12.0. The van der Waals surface area contributed by atoms with Gasteiger partial charge in [-0.2, -0.15) is 0 Å². The maximum Gasteiger partial charge on any atom is 0.263 e. The third-order valence-electron chi connectivity index (χ3n) is 4.60. The van der Waals surface area contributed by atoms with E-state index in [9.17, 15) is 9.59 Å². The summed E-state index contributed by atoms with van der Waals surface area (Å²) >= 11 is 4.81. The number of nitrogens with zero attached hydrogens (tertiary/aromatic N) is 2. The van der Waals surface area contributed by atoms with Gasteiger partial charge >= 0.3 is 0 Å². The molecule has 1 fully saturated rings. The lowest BCUT2D eigenvalue weighted by molar-refractivity contribution is -0.123. The minimum Gasteiger partial charge on any atom is -0.329 e. The van der Waals surface area contributed by atoms with Gasteiger partial charge in [-0.05, 0) is 47.3 Å². The van der Waals surface area contributed by atoms with Crippen molar-refractivity contribution in [1.29, 1.82) is 0 Å². The van der Waals surface area contributed by atoms with Crippen LogP contribution in [-0.2, 0) is 9.59 Å². The predicted molar refractivity (Wildman–Crippen MR) is 106 cm³/mol. The third-order valence-corrected chi connectivity index (χ3v) is 4.80. The summed E-state index contributed by atoms with van der Waals surface area (Å²) in [7, 11) is 3.91. The van der Waals surface area contributed by atoms with Crippen LogP contribution in [0.2, 0.25) is 0 Å². The number of thiocarbonyl (C=S) groups is 1. The third kappa shape index (κ3) is 2.53. The SMILES string of the molecule is CN1C(=CC=C2C(=O)NC(=S)NC2=O)N(C)c2cc3ccccc3cc21. The molecule has 0 saturated carbocycles. The predicted octanol–water partition coefficient (Wildman–Crippen LogP) is 2.02. The van der Waals surface area contributed by atoms with Gasteiger partial charge in [0, 0.05) is 14.1 Å². The van der Waals surface area contributed by atoms with Gasteiger partial charge in [0.15, 0.2) is 5.11 Å². The van der Waals surface area contributed by atoms with Gasteiger partial charge in [0.25, 0.3) is 11.8 Å². The standard InChI is InChI=1S/C19H16N4O2S/c1-22-14-9-11-5-3-4-6-12(11)10-15(14)23(2)16(22)8-7-13-17(24)20-19(26)21-18(13)25/h3-10H,1-2H3,(H2,20,21,24,25,26). The number of benzene rings is 2. The van der Waals surface area contributed by atoms with Crippen LogP contribution in [0, 0.1) is 0 Å². The molecule has 130 valence electrons. The lowest BCUT2D eigenvalue weighted by Gasteiger charge is -2.19. The summed E-state index contributed by atoms with van der Waals surface area (Å²) in [6.07, 6.45) is 3.27. The Bertz CT molecular complexity index is 969. The van der Waals surface area contributed by atoms with E-state index < -0.39 is 11.8 Å². The summed E-state index contributed by atoms with van der Waals surface area (Å²) in [6, 6.07) is 12.4. The number of amides is 2. The van der Waals surface area contributed by atoms with Crippen molar-refractivity contribution in [1.82, 2.24) is 10.6 Å². The Balaban J connectivity index is 1.74. The number of hydrogen-bond donors (Lipinski definition) is 2. The monoisotopic (exact) mass is 364 g/mol. The van der Waals surface area contributed by atoms with Crippen molar-refractivity contribution in [3.8, 4) is 0 Å². The van der Waals surface area contributed by atoms with E-state index in [1.807, 2.05) is 36.0 Å². The number of carbonyl (C=O) groups is 2. The van der Waals surface area contributed by atoms with Crippen molar-refractivity contribution in [2.45, 2.75) is 0 Å². The minimum absolute atomic E-state index is 0.0222. The average Bonchev–Trinajstić information content (AvgIpc) is 2.83. The Morgan fingerprint density at radius 3 is 1.88 bits per heavy atom. The van der Waals surface area contributed by atoms with E-state index in [4.69, 9.17) is 12.2 Å². The minimum atomic E-state index is -0.498. The van der Waals surface area contributed by atoms with E-state index in [2.05, 4.69) is 34.9 Å². The fourth-order valence-electron chi connectivity index (χ4n) is 3.23. The van der Waals surface area contributed by atoms with Crippen LogP contribution in [0.3, 0.4) is 0 Å². The number of allylic oxidation sites excluding steroid dienone is 2. The maximum absolute atomic E-state index is 12.0. The lowest BCUT2D eigenvalue weighted by atomic mass is 10.1. The Morgan fingerprint density at radius 1 is 0.885 bits per heavy atom. The van der Waals surface area contributed by atoms with Crippen molar-refractivity contribution in [2.75, 3.05) is 23.9 Å². The molecule has 0 unspecified atom stereocenters. The Labute approximate surface area is 155 Å². The van der Waals surface area contributed by atoms with Gasteiger partial charge in [0.2, 0.25) is 0 Å². The fourth-order valence-corrected chi connectivity index (χ4v) is 3.42. The molecule has 0 spiro atoms. The van der Waals surface area contributed by atoms with Gasteiger partial charge in [0.05, 0.1) is 11.4 Å². The molecule has 1 saturated heterocycles. The first-order chi connectivity index (χ1) is 12.5. The van der Waals surface area contributed by atoms with E-state index in [-0.39, 0.29) is 10.7 Å². The van der Waals surface area contributed by atoms with Crippen LogP contribution in [0.25, 0.3) is 10.8 Å². The molecular weight excluding hydrogens is 348 g/mol. The zero-order valence-electron chi connectivity index (χ0n) is 14.2. The highest BCUT2D eigenvalue weighted by molar-refractivity contribution is 7.80. The number of anilines is 2. The molecule has 0 aliphatic carbocycles. The number of hydrogen-bond acceptors (Lipinski definition) is 5.